The molecule has 3 rings (SSSR count). The van der Waals surface area contributed by atoms with Gasteiger partial charge in [-0.2, -0.15) is 0 Å². The maximum absolute atomic E-state index is 6.61. The van der Waals surface area contributed by atoms with E-state index in [0.717, 1.165) is 27.6 Å². The number of hydrazine groups is 1. The van der Waals surface area contributed by atoms with Gasteiger partial charge in [-0.3, -0.25) is 5.01 Å². The Morgan fingerprint density at radius 3 is 2.66 bits per heavy atom. The van der Waals surface area contributed by atoms with Crippen molar-refractivity contribution in [3.8, 4) is 0 Å². The predicted octanol–water partition coefficient (Wildman–Crippen LogP) is 4.80. The third-order valence-corrected chi connectivity index (χ3v) is 5.77. The minimum atomic E-state index is -0.346. The van der Waals surface area contributed by atoms with E-state index in [0.29, 0.717) is 18.3 Å². The number of hydrazone groups is 1. The molecule has 1 aliphatic rings. The number of nitrogens with zero attached hydrogens (tertiary/aromatic N) is 3. The summed E-state index contributed by atoms with van der Waals surface area (Å²) in [6.07, 6.45) is 8.14. The fraction of sp³-hybridized carbons (Fsp3) is 0.269. The smallest absolute Gasteiger partial charge is 0.237 e. The molecule has 0 fully saturated rings. The van der Waals surface area contributed by atoms with Crippen molar-refractivity contribution in [2.75, 3.05) is 13.7 Å². The highest BCUT2D eigenvalue weighted by Crippen LogP contribution is 2.41. The van der Waals surface area contributed by atoms with Crippen LogP contribution in [-0.2, 0) is 4.74 Å². The van der Waals surface area contributed by atoms with Crippen LogP contribution in [0.25, 0.3) is 10.8 Å². The molecule has 6 heteroatoms. The fourth-order valence-corrected chi connectivity index (χ4v) is 3.99. The zero-order chi connectivity index (χ0) is 23.3. The summed E-state index contributed by atoms with van der Waals surface area (Å²) in [6.45, 7) is 10.9. The molecule has 0 saturated heterocycles. The number of hydrogen-bond acceptors (Lipinski definition) is 4. The van der Waals surface area contributed by atoms with Crippen LogP contribution in [0.5, 0.6) is 0 Å². The van der Waals surface area contributed by atoms with E-state index in [2.05, 4.69) is 48.9 Å². The zero-order valence-electron chi connectivity index (χ0n) is 19.3. The second-order valence-corrected chi connectivity index (χ2v) is 7.99. The molecule has 6 nitrogen and oxygen atoms in total. The number of ether oxygens (including phenoxy) is 1. The third-order valence-electron chi connectivity index (χ3n) is 5.77. The Morgan fingerprint density at radius 2 is 1.94 bits per heavy atom. The highest BCUT2D eigenvalue weighted by molar-refractivity contribution is 5.89. The van der Waals surface area contributed by atoms with Crippen molar-refractivity contribution in [3.05, 3.63) is 95.9 Å². The van der Waals surface area contributed by atoms with Crippen LogP contribution in [0.4, 0.5) is 0 Å². The Kier molecular flexibility index (Phi) is 7.38. The van der Waals surface area contributed by atoms with Crippen LogP contribution < -0.4 is 11.7 Å². The van der Waals surface area contributed by atoms with E-state index in [1.807, 2.05) is 62.2 Å². The molecule has 32 heavy (non-hydrogen) atoms. The molecule has 0 saturated carbocycles. The van der Waals surface area contributed by atoms with Crippen LogP contribution in [-0.4, -0.2) is 29.5 Å². The fourth-order valence-electron chi connectivity index (χ4n) is 3.99. The lowest BCUT2D eigenvalue weighted by atomic mass is 9.90. The van der Waals surface area contributed by atoms with Crippen LogP contribution in [0.3, 0.4) is 0 Å². The Bertz CT molecular complexity index is 1090. The van der Waals surface area contributed by atoms with E-state index in [1.54, 1.807) is 5.01 Å². The Labute approximate surface area is 190 Å². The van der Waals surface area contributed by atoms with E-state index in [4.69, 9.17) is 16.4 Å². The summed E-state index contributed by atoms with van der Waals surface area (Å²) in [5.41, 5.74) is 2.89. The SMILES string of the molecule is C=C(OCC(C)/C=C\C=C/C)C1=C(C)N(C)/C(=N/N)N(N)C1c1cccc2ccccc12. The maximum Gasteiger partial charge on any atom is 0.237 e. The lowest BCUT2D eigenvalue weighted by molar-refractivity contribution is 0.181. The van der Waals surface area contributed by atoms with Crippen LogP contribution in [0.2, 0.25) is 0 Å². The second kappa shape index (κ2) is 10.2. The summed E-state index contributed by atoms with van der Waals surface area (Å²) in [7, 11) is 1.88. The number of guanidine groups is 1. The number of allylic oxidation sites excluding steroid dienone is 4. The van der Waals surface area contributed by atoms with Gasteiger partial charge >= 0.3 is 0 Å². The van der Waals surface area contributed by atoms with Crippen molar-refractivity contribution in [2.24, 2.45) is 22.7 Å². The van der Waals surface area contributed by atoms with Crippen molar-refractivity contribution in [2.45, 2.75) is 26.8 Å². The van der Waals surface area contributed by atoms with Crippen LogP contribution in [0.1, 0.15) is 32.4 Å². The quantitative estimate of drug-likeness (QED) is 0.285. The van der Waals surface area contributed by atoms with Crippen LogP contribution in [0, 0.1) is 5.92 Å². The predicted molar refractivity (Wildman–Crippen MR) is 133 cm³/mol. The minimum Gasteiger partial charge on any atom is -0.493 e. The van der Waals surface area contributed by atoms with Gasteiger partial charge in [-0.15, -0.1) is 5.10 Å². The van der Waals surface area contributed by atoms with Gasteiger partial charge in [0, 0.05) is 24.2 Å². The molecule has 2 aromatic carbocycles. The summed E-state index contributed by atoms with van der Waals surface area (Å²) in [6, 6.07) is 14.1. The minimum absolute atomic E-state index is 0.233. The van der Waals surface area contributed by atoms with Gasteiger partial charge in [0.15, 0.2) is 0 Å². The highest BCUT2D eigenvalue weighted by Gasteiger charge is 2.37. The molecular formula is C26H33N5O. The molecule has 0 bridgehead atoms. The Morgan fingerprint density at radius 1 is 1.22 bits per heavy atom. The van der Waals surface area contributed by atoms with Gasteiger partial charge in [0.05, 0.1) is 6.61 Å². The number of rotatable bonds is 7. The molecule has 0 spiro atoms. The van der Waals surface area contributed by atoms with Gasteiger partial charge in [0.25, 0.3) is 0 Å². The first-order valence-corrected chi connectivity index (χ1v) is 10.8. The average Bonchev–Trinajstić information content (AvgIpc) is 2.80. The van der Waals surface area contributed by atoms with E-state index >= 15 is 0 Å². The molecule has 2 atom stereocenters. The van der Waals surface area contributed by atoms with E-state index in [9.17, 15) is 0 Å². The standard InChI is InChI=1S/C26H33N5O/c1-6-7-8-12-18(2)17-32-20(4)24-19(3)30(5)26(29-27)31(28)25(24)23-16-11-14-21-13-9-10-15-22(21)23/h6-16,18,25H,4,17,27-28H2,1-3,5H3/b7-6-,12-8-,29-26-. The number of nitrogens with two attached hydrogens (primary N) is 2. The molecule has 1 heterocycles. The molecule has 1 aliphatic heterocycles. The molecule has 4 N–H and O–H groups in total. The molecule has 2 unspecified atom stereocenters. The van der Waals surface area contributed by atoms with E-state index < -0.39 is 0 Å². The summed E-state index contributed by atoms with van der Waals surface area (Å²) in [5.74, 6) is 13.6. The monoisotopic (exact) mass is 431 g/mol. The third kappa shape index (κ3) is 4.55. The number of hydrogen-bond donors (Lipinski definition) is 2. The second-order valence-electron chi connectivity index (χ2n) is 7.99. The van der Waals surface area contributed by atoms with Crippen LogP contribution in [0.15, 0.2) is 95.5 Å². The molecule has 0 radical (unpaired) electrons. The van der Waals surface area contributed by atoms with Gasteiger partial charge in [0.2, 0.25) is 5.96 Å². The van der Waals surface area contributed by atoms with Gasteiger partial charge in [0.1, 0.15) is 11.8 Å². The molecule has 2 aromatic rings. The van der Waals surface area contributed by atoms with Crippen molar-refractivity contribution in [1.82, 2.24) is 9.91 Å². The normalized spacial score (nSPS) is 19.5. The highest BCUT2D eigenvalue weighted by atomic mass is 16.5. The van der Waals surface area contributed by atoms with Gasteiger partial charge in [-0.05, 0) is 30.2 Å². The largest absolute Gasteiger partial charge is 0.493 e. The molecule has 0 aromatic heterocycles. The number of benzene rings is 2. The van der Waals surface area contributed by atoms with Gasteiger partial charge in [-0.25, -0.2) is 5.84 Å². The molecule has 168 valence electrons. The summed E-state index contributed by atoms with van der Waals surface area (Å²) < 4.78 is 6.17. The summed E-state index contributed by atoms with van der Waals surface area (Å²) in [4.78, 5) is 1.86. The summed E-state index contributed by atoms with van der Waals surface area (Å²) >= 11 is 0. The van der Waals surface area contributed by atoms with E-state index in [1.165, 1.54) is 0 Å². The van der Waals surface area contributed by atoms with E-state index in [-0.39, 0.29) is 12.0 Å². The zero-order valence-corrected chi connectivity index (χ0v) is 19.3. The van der Waals surface area contributed by atoms with Gasteiger partial charge < -0.3 is 15.5 Å². The Hall–Kier alpha value is -3.51. The van der Waals surface area contributed by atoms with Crippen molar-refractivity contribution < 1.29 is 4.74 Å². The first-order valence-electron chi connectivity index (χ1n) is 10.8. The number of fused-ring (bicyclic) bond motifs is 1. The van der Waals surface area contributed by atoms with Crippen molar-refractivity contribution in [3.63, 3.8) is 0 Å². The Balaban J connectivity index is 2.04. The first-order chi connectivity index (χ1) is 15.4. The lowest BCUT2D eigenvalue weighted by Crippen LogP contribution is -2.53. The first kappa shape index (κ1) is 23.2. The molecular weight excluding hydrogens is 398 g/mol. The summed E-state index contributed by atoms with van der Waals surface area (Å²) in [5, 5.41) is 7.78. The maximum atomic E-state index is 6.61. The van der Waals surface area contributed by atoms with Crippen molar-refractivity contribution >= 4 is 16.7 Å². The lowest BCUT2D eigenvalue weighted by Gasteiger charge is -2.42. The van der Waals surface area contributed by atoms with Crippen molar-refractivity contribution in [1.29, 1.82) is 0 Å². The molecule has 0 amide bonds. The molecule has 0 aliphatic carbocycles. The van der Waals surface area contributed by atoms with Crippen LogP contribution >= 0.6 is 0 Å². The van der Waals surface area contributed by atoms with Gasteiger partial charge in [-0.1, -0.05) is 80.3 Å². The topological polar surface area (TPSA) is 80.1 Å². The average molecular weight is 432 g/mol.